The Kier molecular flexibility index (Phi) is 9.00. The molecule has 2 unspecified atom stereocenters. The van der Waals surface area contributed by atoms with Gasteiger partial charge in [-0.25, -0.2) is 5.48 Å². The maximum Gasteiger partial charge on any atom is 0.273 e. The summed E-state index contributed by atoms with van der Waals surface area (Å²) in [5.74, 6) is -3.21. The van der Waals surface area contributed by atoms with Crippen LogP contribution in [-0.2, 0) is 23.9 Å². The van der Waals surface area contributed by atoms with E-state index in [0.717, 1.165) is 0 Å². The molecular formula is C16H28N4O6. The van der Waals surface area contributed by atoms with Gasteiger partial charge in [0.25, 0.3) is 5.91 Å². The third-order valence-electron chi connectivity index (χ3n) is 4.06. The summed E-state index contributed by atoms with van der Waals surface area (Å²) in [6.45, 7) is 3.61. The summed E-state index contributed by atoms with van der Waals surface area (Å²) in [7, 11) is 1.46. The molecule has 26 heavy (non-hydrogen) atoms. The van der Waals surface area contributed by atoms with Crippen molar-refractivity contribution in [2.24, 2.45) is 11.8 Å². The molecule has 1 aliphatic rings. The van der Waals surface area contributed by atoms with E-state index in [1.165, 1.54) is 12.5 Å². The van der Waals surface area contributed by atoms with Crippen LogP contribution in [0.3, 0.4) is 0 Å². The number of carbonyl (C=O) groups excluding carboxylic acids is 4. The van der Waals surface area contributed by atoms with Crippen LogP contribution in [0.25, 0.3) is 0 Å². The number of carbonyl (C=O) groups is 4. The first-order valence-electron chi connectivity index (χ1n) is 8.64. The van der Waals surface area contributed by atoms with E-state index >= 15 is 0 Å². The van der Waals surface area contributed by atoms with Crippen molar-refractivity contribution < 1.29 is 29.1 Å². The largest absolute Gasteiger partial charge is 0.358 e. The van der Waals surface area contributed by atoms with Crippen LogP contribution in [0.5, 0.6) is 0 Å². The van der Waals surface area contributed by atoms with Crippen molar-refractivity contribution in [3.63, 3.8) is 0 Å². The highest BCUT2D eigenvalue weighted by atomic mass is 16.5. The molecule has 0 radical (unpaired) electrons. The molecule has 5 N–H and O–H groups in total. The highest BCUT2D eigenvalue weighted by Gasteiger charge is 2.37. The first-order chi connectivity index (χ1) is 12.3. The van der Waals surface area contributed by atoms with Crippen LogP contribution >= 0.6 is 0 Å². The fourth-order valence-corrected chi connectivity index (χ4v) is 2.79. The Labute approximate surface area is 152 Å². The SMILES string of the molecule is CNC(=O)C1CCCNC(=O)COC(C(=O)NO)[C@@H](CC(C)C)C(=O)N1. The van der Waals surface area contributed by atoms with Gasteiger partial charge in [0.15, 0.2) is 6.10 Å². The van der Waals surface area contributed by atoms with Gasteiger partial charge in [0.2, 0.25) is 17.7 Å². The highest BCUT2D eigenvalue weighted by Crippen LogP contribution is 2.20. The first-order valence-corrected chi connectivity index (χ1v) is 8.64. The maximum atomic E-state index is 12.8. The number of hydroxylamine groups is 1. The van der Waals surface area contributed by atoms with Gasteiger partial charge >= 0.3 is 0 Å². The van der Waals surface area contributed by atoms with E-state index in [2.05, 4.69) is 16.0 Å². The Morgan fingerprint density at radius 3 is 2.58 bits per heavy atom. The molecule has 4 amide bonds. The lowest BCUT2D eigenvalue weighted by Crippen LogP contribution is -2.53. The van der Waals surface area contributed by atoms with Gasteiger partial charge in [0.05, 0.1) is 5.92 Å². The van der Waals surface area contributed by atoms with Crippen LogP contribution in [0.1, 0.15) is 33.1 Å². The molecule has 3 atom stereocenters. The Morgan fingerprint density at radius 2 is 2.00 bits per heavy atom. The summed E-state index contributed by atoms with van der Waals surface area (Å²) in [5, 5.41) is 16.7. The van der Waals surface area contributed by atoms with Crippen molar-refractivity contribution in [2.45, 2.75) is 45.3 Å². The van der Waals surface area contributed by atoms with Gasteiger partial charge in [-0.2, -0.15) is 0 Å². The lowest BCUT2D eigenvalue weighted by molar-refractivity contribution is -0.154. The monoisotopic (exact) mass is 372 g/mol. The molecule has 0 aromatic carbocycles. The van der Waals surface area contributed by atoms with Crippen LogP contribution in [0, 0.1) is 11.8 Å². The Hall–Kier alpha value is -2.20. The summed E-state index contributed by atoms with van der Waals surface area (Å²) >= 11 is 0. The second-order valence-corrected chi connectivity index (χ2v) is 6.61. The van der Waals surface area contributed by atoms with Crippen LogP contribution in [0.2, 0.25) is 0 Å². The van der Waals surface area contributed by atoms with Crippen LogP contribution in [0.15, 0.2) is 0 Å². The molecule has 10 nitrogen and oxygen atoms in total. The predicted octanol–water partition coefficient (Wildman–Crippen LogP) is -1.32. The van der Waals surface area contributed by atoms with Gasteiger partial charge in [-0.15, -0.1) is 0 Å². The molecule has 0 spiro atoms. The van der Waals surface area contributed by atoms with Crippen LogP contribution in [-0.4, -0.2) is 61.2 Å². The predicted molar refractivity (Wildman–Crippen MR) is 90.9 cm³/mol. The van der Waals surface area contributed by atoms with Crippen LogP contribution in [0.4, 0.5) is 0 Å². The van der Waals surface area contributed by atoms with Crippen molar-refractivity contribution >= 4 is 23.6 Å². The standard InChI is InChI=1S/C16H28N4O6/c1-9(2)7-10-13(16(24)20-25)26-8-12(21)18-6-4-5-11(15(23)17-3)19-14(10)22/h9-11,13,25H,4-8H2,1-3H3,(H,17,23)(H,18,21)(H,19,22)(H,20,24)/t10-,11?,13?/m1/s1. The second kappa shape index (κ2) is 10.7. The number of likely N-dealkylation sites (N-methyl/N-ethyl adjacent to an activating group) is 1. The zero-order chi connectivity index (χ0) is 19.7. The summed E-state index contributed by atoms with van der Waals surface area (Å²) in [6, 6.07) is -0.795. The average Bonchev–Trinajstić information content (AvgIpc) is 2.60. The summed E-state index contributed by atoms with van der Waals surface area (Å²) in [5.41, 5.74) is 1.48. The van der Waals surface area contributed by atoms with Gasteiger partial charge in [0.1, 0.15) is 12.6 Å². The minimum atomic E-state index is -1.36. The van der Waals surface area contributed by atoms with E-state index in [1.54, 1.807) is 0 Å². The van der Waals surface area contributed by atoms with Gasteiger partial charge in [0, 0.05) is 13.6 Å². The Morgan fingerprint density at radius 1 is 1.31 bits per heavy atom. The lowest BCUT2D eigenvalue weighted by Gasteiger charge is -2.28. The van der Waals surface area contributed by atoms with E-state index in [0.29, 0.717) is 19.4 Å². The minimum absolute atomic E-state index is 0.0310. The molecule has 148 valence electrons. The third kappa shape index (κ3) is 6.60. The summed E-state index contributed by atoms with van der Waals surface area (Å²) in [6.07, 6.45) is -0.276. The number of nitrogens with one attached hydrogen (secondary N) is 4. The molecular weight excluding hydrogens is 344 g/mol. The molecule has 1 heterocycles. The Balaban J connectivity index is 3.14. The maximum absolute atomic E-state index is 12.8. The second-order valence-electron chi connectivity index (χ2n) is 6.61. The molecule has 0 aliphatic carbocycles. The molecule has 0 bridgehead atoms. The van der Waals surface area contributed by atoms with E-state index in [9.17, 15) is 19.2 Å². The normalized spacial score (nSPS) is 25.3. The summed E-state index contributed by atoms with van der Waals surface area (Å²) in [4.78, 5) is 48.7. The molecule has 0 aromatic rings. The van der Waals surface area contributed by atoms with Crippen molar-refractivity contribution in [1.82, 2.24) is 21.4 Å². The van der Waals surface area contributed by atoms with Gasteiger partial charge in [-0.1, -0.05) is 13.8 Å². The number of ether oxygens (including phenoxy) is 1. The molecule has 0 aromatic heterocycles. The summed E-state index contributed by atoms with van der Waals surface area (Å²) < 4.78 is 5.34. The molecule has 1 saturated heterocycles. The number of rotatable bonds is 4. The molecule has 10 heteroatoms. The highest BCUT2D eigenvalue weighted by molar-refractivity contribution is 5.92. The van der Waals surface area contributed by atoms with Crippen molar-refractivity contribution in [3.8, 4) is 0 Å². The van der Waals surface area contributed by atoms with E-state index in [4.69, 9.17) is 9.94 Å². The lowest BCUT2D eigenvalue weighted by atomic mass is 9.90. The molecule has 1 fully saturated rings. The number of amides is 4. The zero-order valence-electron chi connectivity index (χ0n) is 15.3. The quantitative estimate of drug-likeness (QED) is 0.306. The molecule has 0 saturated carbocycles. The van der Waals surface area contributed by atoms with E-state index < -0.39 is 42.4 Å². The first kappa shape index (κ1) is 21.8. The van der Waals surface area contributed by atoms with E-state index in [1.807, 2.05) is 13.8 Å². The topological polar surface area (TPSA) is 146 Å². The zero-order valence-corrected chi connectivity index (χ0v) is 15.3. The molecule has 1 aliphatic heterocycles. The fourth-order valence-electron chi connectivity index (χ4n) is 2.79. The van der Waals surface area contributed by atoms with Crippen molar-refractivity contribution in [1.29, 1.82) is 0 Å². The van der Waals surface area contributed by atoms with Crippen LogP contribution < -0.4 is 21.4 Å². The third-order valence-corrected chi connectivity index (χ3v) is 4.06. The number of hydrogen-bond acceptors (Lipinski definition) is 6. The minimum Gasteiger partial charge on any atom is -0.358 e. The van der Waals surface area contributed by atoms with E-state index in [-0.39, 0.29) is 18.2 Å². The van der Waals surface area contributed by atoms with Crippen molar-refractivity contribution in [2.75, 3.05) is 20.2 Å². The van der Waals surface area contributed by atoms with Gasteiger partial charge < -0.3 is 20.7 Å². The molecule has 1 rings (SSSR count). The number of hydrogen-bond donors (Lipinski definition) is 5. The van der Waals surface area contributed by atoms with Gasteiger partial charge in [-0.3, -0.25) is 24.4 Å². The fraction of sp³-hybridized carbons (Fsp3) is 0.750. The average molecular weight is 372 g/mol. The Bertz CT molecular complexity index is 525. The van der Waals surface area contributed by atoms with Crippen molar-refractivity contribution in [3.05, 3.63) is 0 Å². The smallest absolute Gasteiger partial charge is 0.273 e. The van der Waals surface area contributed by atoms with Gasteiger partial charge in [-0.05, 0) is 25.2 Å².